The Labute approximate surface area is 579 Å². The molecule has 2 aliphatic heterocycles. The quantitative estimate of drug-likeness (QED) is 0.0527. The summed E-state index contributed by atoms with van der Waals surface area (Å²) >= 11 is 0. The molecule has 6 aromatic rings. The number of hydrogen-bond donors (Lipinski definition) is 2. The summed E-state index contributed by atoms with van der Waals surface area (Å²) in [5.74, 6) is 14.2. The molecule has 2 saturated heterocycles. The molecule has 2 fully saturated rings. The Bertz CT molecular complexity index is 4110. The number of nitrogens with one attached hydrogen (secondary N) is 1. The largest absolute Gasteiger partial charge is 0.414 e. The second-order valence-electron chi connectivity index (χ2n) is 36.0. The molecule has 8 rings (SSSR count). The van der Waals surface area contributed by atoms with Gasteiger partial charge in [0.1, 0.15) is 48.5 Å². The van der Waals surface area contributed by atoms with E-state index in [9.17, 15) is 9.59 Å². The van der Waals surface area contributed by atoms with E-state index in [4.69, 9.17) is 51.7 Å². The molecule has 17 nitrogen and oxygen atoms in total. The van der Waals surface area contributed by atoms with Crippen molar-refractivity contribution in [2.24, 2.45) is 0 Å². The van der Waals surface area contributed by atoms with Crippen LogP contribution in [0.2, 0.25) is 109 Å². The Morgan fingerprint density at radius 3 is 1.31 bits per heavy atom. The van der Waals surface area contributed by atoms with Crippen molar-refractivity contribution in [1.82, 2.24) is 29.1 Å². The van der Waals surface area contributed by atoms with Crippen molar-refractivity contribution in [3.63, 3.8) is 0 Å². The van der Waals surface area contributed by atoms with Crippen LogP contribution in [0.1, 0.15) is 160 Å². The predicted molar refractivity (Wildman–Crippen MR) is 407 cm³/mol. The molecule has 526 valence electrons. The van der Waals surface area contributed by atoms with Gasteiger partial charge in [0.15, 0.2) is 85.2 Å². The van der Waals surface area contributed by atoms with Crippen LogP contribution in [0.15, 0.2) is 70.6 Å². The minimum atomic E-state index is -2.59. The molecule has 0 unspecified atom stereocenters. The van der Waals surface area contributed by atoms with Gasteiger partial charge in [0.05, 0.1) is 13.2 Å². The molecule has 0 spiro atoms. The van der Waals surface area contributed by atoms with Crippen molar-refractivity contribution >= 4 is 88.4 Å². The Morgan fingerprint density at radius 2 is 0.885 bits per heavy atom. The minimum absolute atomic E-state index is 0.0514. The maximum absolute atomic E-state index is 14.4. The van der Waals surface area contributed by atoms with E-state index in [1.54, 1.807) is 0 Å². The molecule has 0 amide bonds. The summed E-state index contributed by atoms with van der Waals surface area (Å²) in [6.45, 7) is 67.5. The fourth-order valence-electron chi connectivity index (χ4n) is 10.3. The Kier molecular flexibility index (Phi) is 21.4. The lowest BCUT2D eigenvalue weighted by molar-refractivity contribution is -0.0510. The smallest absolute Gasteiger partial charge is 0.330 e. The van der Waals surface area contributed by atoms with Crippen LogP contribution < -0.4 is 17.0 Å². The highest BCUT2D eigenvalue weighted by atomic mass is 28.4. The average Bonchev–Trinajstić information content (AvgIpc) is 1.57. The third-order valence-corrected chi connectivity index (χ3v) is 49.8. The zero-order valence-corrected chi connectivity index (χ0v) is 69.7. The van der Waals surface area contributed by atoms with Crippen molar-refractivity contribution in [3.05, 3.63) is 104 Å². The molecule has 0 radical (unpaired) electrons. The number of benzene rings is 3. The topological polar surface area (TPSA) is 198 Å². The van der Waals surface area contributed by atoms with Gasteiger partial charge in [-0.15, -0.1) is 0 Å². The summed E-state index contributed by atoms with van der Waals surface area (Å²) in [5.41, 5.74) is 7.77. The molecule has 3 N–H and O–H groups in total. The average molecular weight is 1420 g/mol. The van der Waals surface area contributed by atoms with Gasteiger partial charge in [-0.25, -0.2) is 19.7 Å². The molecule has 2 aliphatic rings. The number of H-pyrrole nitrogens is 1. The molecule has 5 heterocycles. The van der Waals surface area contributed by atoms with E-state index in [0.717, 1.165) is 27.1 Å². The van der Waals surface area contributed by atoms with Gasteiger partial charge < -0.3 is 41.8 Å². The third-order valence-electron chi connectivity index (χ3n) is 22.9. The van der Waals surface area contributed by atoms with Crippen molar-refractivity contribution in [2.75, 3.05) is 18.9 Å². The number of nitrogens with two attached hydrogens (primary N) is 1. The number of aromatic amines is 1. The van der Waals surface area contributed by atoms with E-state index in [1.165, 1.54) is 17.1 Å². The van der Waals surface area contributed by atoms with Crippen LogP contribution in [0.5, 0.6) is 0 Å². The number of fused-ring (bicyclic) bond motifs is 3. The second-order valence-corrected chi connectivity index (χ2v) is 64.6. The lowest BCUT2D eigenvalue weighted by Gasteiger charge is -2.44. The SMILES string of the molecule is CC(C)(C)[Si](C)(C)OC[C@H]1O[C@@H](n2cc(C#Cc3cccc4cc5cccc(C#Cc6nc7c(N)ncnc7n6[C@@H]6O[C@H](CO[Si](C)(C)C(C)(C)C)[C@@H](O[Si](C)(C)C(C)(C)C)[C@H]6O[Si](C)(C)C(C)(C)C)c5cc34)c(=O)[nH]c2=O)[C@H](O[Si](C)(C)C(C)(C)C)[C@@H]1O[Si](C)(C)C(C)(C)C. The number of imidazole rings is 1. The van der Waals surface area contributed by atoms with Crippen molar-refractivity contribution in [1.29, 1.82) is 0 Å². The van der Waals surface area contributed by atoms with Crippen molar-refractivity contribution < 1.29 is 36.0 Å². The number of nitrogens with zero attached hydrogens (tertiary/aromatic N) is 5. The van der Waals surface area contributed by atoms with E-state index in [1.807, 2.05) is 34.9 Å². The zero-order valence-electron chi connectivity index (χ0n) is 63.7. The third kappa shape index (κ3) is 15.9. The number of rotatable bonds is 16. The molecular weight excluding hydrogens is 1300 g/mol. The molecule has 96 heavy (non-hydrogen) atoms. The van der Waals surface area contributed by atoms with Gasteiger partial charge in [-0.05, 0) is 161 Å². The molecule has 0 aliphatic carbocycles. The van der Waals surface area contributed by atoms with Crippen LogP contribution in [0, 0.1) is 23.7 Å². The fraction of sp³-hybridized carbons (Fsp3) is 0.630. The molecule has 0 saturated carbocycles. The predicted octanol–water partition coefficient (Wildman–Crippen LogP) is 16.8. The molecule has 3 aromatic heterocycles. The summed E-state index contributed by atoms with van der Waals surface area (Å²) in [4.78, 5) is 45.4. The summed E-state index contributed by atoms with van der Waals surface area (Å²) < 4.78 is 61.8. The number of nitrogen functional groups attached to an aromatic ring is 1. The summed E-state index contributed by atoms with van der Waals surface area (Å²) in [6, 6.07) is 16.2. The normalized spacial score (nSPS) is 21.6. The second kappa shape index (κ2) is 26.7. The standard InChI is InChI=1S/C73H115N7O10Si6/c1-68(2,3)91(19,20)83-44-54-58(87-93(23,24)70(7,8)9)60(89-95(27,28)72(13,14)15)65(85-54)79-43-51(64(81)78-67(79)82)38-37-47-33-31-35-49-41-50-36-32-34-48(53(50)42-52(47)49)39-40-56-77-57-62(74)75-46-76-63(57)80(56)66-61(90-96(29,30)73(16,17)18)59(88-94(25,26)71(10,11)12)55(86-66)45-84-92(21,22)69(4,5)6/h31-36,41-43,46,54-55,58-61,65-66H,44-45H2,1-30H3,(H2,74,75,76)(H,78,81,82)/t54-,55-,58-,59-,60-,61-,65-,66-/m1/s1. The fourth-order valence-corrected chi connectivity index (χ4v) is 17.5. The minimum Gasteiger partial charge on any atom is -0.414 e. The van der Waals surface area contributed by atoms with E-state index in [0.29, 0.717) is 29.2 Å². The van der Waals surface area contributed by atoms with Gasteiger partial charge in [-0.2, -0.15) is 0 Å². The first kappa shape index (κ1) is 77.1. The maximum atomic E-state index is 14.4. The number of ether oxygens (including phenoxy) is 2. The van der Waals surface area contributed by atoms with Gasteiger partial charge in [-0.3, -0.25) is 18.9 Å². The highest BCUT2D eigenvalue weighted by Gasteiger charge is 2.58. The van der Waals surface area contributed by atoms with Gasteiger partial charge in [0.2, 0.25) is 0 Å². The first-order chi connectivity index (χ1) is 43.6. The Balaban J connectivity index is 1.25. The van der Waals surface area contributed by atoms with Crippen LogP contribution in [0.25, 0.3) is 32.7 Å². The summed E-state index contributed by atoms with van der Waals surface area (Å²) in [7, 11) is -14.8. The Hall–Kier alpha value is -4.69. The molecule has 8 atom stereocenters. The summed E-state index contributed by atoms with van der Waals surface area (Å²) in [6.07, 6.45) is -2.41. The van der Waals surface area contributed by atoms with Crippen molar-refractivity contribution in [2.45, 2.75) is 283 Å². The van der Waals surface area contributed by atoms with Crippen LogP contribution >= 0.6 is 0 Å². The maximum Gasteiger partial charge on any atom is 0.330 e. The number of aromatic nitrogens is 6. The van der Waals surface area contributed by atoms with E-state index < -0.39 is 110 Å². The first-order valence-corrected chi connectivity index (χ1v) is 51.7. The molecular formula is C73H115N7O10Si6. The van der Waals surface area contributed by atoms with Crippen LogP contribution in [-0.2, 0) is 36.0 Å². The van der Waals surface area contributed by atoms with Gasteiger partial charge in [0, 0.05) is 17.3 Å². The van der Waals surface area contributed by atoms with Gasteiger partial charge in [0.25, 0.3) is 5.56 Å². The molecule has 23 heteroatoms. The lowest BCUT2D eigenvalue weighted by atomic mass is 9.97. The van der Waals surface area contributed by atoms with Crippen LogP contribution in [0.3, 0.4) is 0 Å². The van der Waals surface area contributed by atoms with Crippen molar-refractivity contribution in [3.8, 4) is 23.7 Å². The van der Waals surface area contributed by atoms with Crippen LogP contribution in [-0.4, -0.2) is 129 Å². The summed E-state index contributed by atoms with van der Waals surface area (Å²) in [5, 5.41) is 2.83. The molecule has 3 aromatic carbocycles. The number of hydrogen-bond acceptors (Lipinski definition) is 14. The van der Waals surface area contributed by atoms with E-state index in [-0.39, 0.29) is 48.2 Å². The van der Waals surface area contributed by atoms with Crippen LogP contribution in [0.4, 0.5) is 5.82 Å². The van der Waals surface area contributed by atoms with Gasteiger partial charge in [-0.1, -0.05) is 167 Å². The monoisotopic (exact) mass is 1420 g/mol. The highest BCUT2D eigenvalue weighted by Crippen LogP contribution is 2.50. The van der Waals surface area contributed by atoms with Gasteiger partial charge >= 0.3 is 5.69 Å². The van der Waals surface area contributed by atoms with E-state index in [2.05, 4.69) is 255 Å². The van der Waals surface area contributed by atoms with E-state index >= 15 is 0 Å². The lowest BCUT2D eigenvalue weighted by Crippen LogP contribution is -2.55. The molecule has 0 bridgehead atoms. The first-order valence-electron chi connectivity index (χ1n) is 34.2. The number of anilines is 1. The highest BCUT2D eigenvalue weighted by molar-refractivity contribution is 6.76. The zero-order chi connectivity index (χ0) is 72.1. The Morgan fingerprint density at radius 1 is 0.500 bits per heavy atom.